The molecule has 0 aliphatic rings. The number of H-pyrrole nitrogens is 1. The van der Waals surface area contributed by atoms with Gasteiger partial charge in [-0.15, -0.1) is 0 Å². The van der Waals surface area contributed by atoms with E-state index in [0.717, 1.165) is 12.1 Å². The molecule has 2 aromatic heterocycles. The van der Waals surface area contributed by atoms with Crippen molar-refractivity contribution in [3.05, 3.63) is 52.7 Å². The number of aromatic nitrogens is 2. The molecule has 3 aromatic rings. The number of imidazole rings is 1. The maximum atomic E-state index is 12.7. The highest BCUT2D eigenvalue weighted by Gasteiger charge is 2.30. The van der Waals surface area contributed by atoms with Gasteiger partial charge >= 0.3 is 6.18 Å². The van der Waals surface area contributed by atoms with Crippen LogP contribution in [-0.2, 0) is 12.7 Å². The van der Waals surface area contributed by atoms with E-state index in [0.29, 0.717) is 28.1 Å². The molecule has 0 unspecified atom stereocenters. The molecule has 0 radical (unpaired) electrons. The fourth-order valence-corrected chi connectivity index (χ4v) is 2.33. The number of rotatable bonds is 2. The van der Waals surface area contributed by atoms with E-state index >= 15 is 0 Å². The van der Waals surface area contributed by atoms with Gasteiger partial charge < -0.3 is 14.0 Å². The molecule has 0 fully saturated rings. The first-order valence-electron chi connectivity index (χ1n) is 5.77. The average Bonchev–Trinajstić information content (AvgIpc) is 2.97. The number of alkyl halides is 3. The maximum absolute atomic E-state index is 12.7. The molecular formula is C13H9F3N2OS. The lowest BCUT2D eigenvalue weighted by atomic mass is 10.2. The Balaban J connectivity index is 2.10. The minimum Gasteiger partial charge on any atom is -0.467 e. The van der Waals surface area contributed by atoms with Crippen LogP contribution in [0.2, 0.25) is 0 Å². The predicted molar refractivity (Wildman–Crippen MR) is 69.9 cm³/mol. The topological polar surface area (TPSA) is 33.9 Å². The molecule has 1 aromatic carbocycles. The molecule has 104 valence electrons. The van der Waals surface area contributed by atoms with Crippen molar-refractivity contribution in [2.24, 2.45) is 0 Å². The van der Waals surface area contributed by atoms with E-state index in [2.05, 4.69) is 4.98 Å². The van der Waals surface area contributed by atoms with E-state index in [4.69, 9.17) is 16.6 Å². The Morgan fingerprint density at radius 2 is 2.05 bits per heavy atom. The highest BCUT2D eigenvalue weighted by atomic mass is 32.1. The normalized spacial score (nSPS) is 12.2. The molecular weight excluding hydrogens is 289 g/mol. The molecule has 0 aliphatic heterocycles. The van der Waals surface area contributed by atoms with Gasteiger partial charge in [-0.05, 0) is 42.5 Å². The summed E-state index contributed by atoms with van der Waals surface area (Å²) in [6.07, 6.45) is -2.83. The van der Waals surface area contributed by atoms with Gasteiger partial charge in [0.2, 0.25) is 0 Å². The summed E-state index contributed by atoms with van der Waals surface area (Å²) in [6, 6.07) is 7.04. The third-order valence-corrected chi connectivity index (χ3v) is 3.32. The van der Waals surface area contributed by atoms with Crippen molar-refractivity contribution in [1.29, 1.82) is 0 Å². The molecule has 2 heterocycles. The zero-order valence-corrected chi connectivity index (χ0v) is 10.9. The van der Waals surface area contributed by atoms with Gasteiger partial charge in [-0.3, -0.25) is 0 Å². The zero-order valence-electron chi connectivity index (χ0n) is 10.1. The SMILES string of the molecule is FC(F)(F)c1ccc2c(c1)[nH]c(=S)n2Cc1ccco1. The van der Waals surface area contributed by atoms with Crippen molar-refractivity contribution in [1.82, 2.24) is 9.55 Å². The summed E-state index contributed by atoms with van der Waals surface area (Å²) in [5.74, 6) is 0.682. The van der Waals surface area contributed by atoms with Gasteiger partial charge in [0.25, 0.3) is 0 Å². The molecule has 3 rings (SSSR count). The minimum atomic E-state index is -4.37. The first kappa shape index (κ1) is 13.0. The van der Waals surface area contributed by atoms with Gasteiger partial charge in [0.05, 0.1) is 29.4 Å². The second-order valence-electron chi connectivity index (χ2n) is 4.33. The van der Waals surface area contributed by atoms with Crippen molar-refractivity contribution < 1.29 is 17.6 Å². The number of nitrogens with zero attached hydrogens (tertiary/aromatic N) is 1. The van der Waals surface area contributed by atoms with Crippen LogP contribution in [0.1, 0.15) is 11.3 Å². The van der Waals surface area contributed by atoms with Crippen LogP contribution in [0.25, 0.3) is 11.0 Å². The second-order valence-corrected chi connectivity index (χ2v) is 4.71. The van der Waals surface area contributed by atoms with E-state index in [1.807, 2.05) is 0 Å². The Labute approximate surface area is 116 Å². The molecule has 0 saturated heterocycles. The first-order chi connectivity index (χ1) is 9.45. The van der Waals surface area contributed by atoms with Crippen molar-refractivity contribution >= 4 is 23.3 Å². The summed E-state index contributed by atoms with van der Waals surface area (Å²) in [5.41, 5.74) is 0.266. The highest BCUT2D eigenvalue weighted by molar-refractivity contribution is 7.71. The molecule has 1 N–H and O–H groups in total. The smallest absolute Gasteiger partial charge is 0.416 e. The van der Waals surface area contributed by atoms with Crippen molar-refractivity contribution in [3.8, 4) is 0 Å². The van der Waals surface area contributed by atoms with Crippen molar-refractivity contribution in [3.63, 3.8) is 0 Å². The maximum Gasteiger partial charge on any atom is 0.416 e. The number of aromatic amines is 1. The Hall–Kier alpha value is -2.02. The lowest BCUT2D eigenvalue weighted by Crippen LogP contribution is -2.04. The quantitative estimate of drug-likeness (QED) is 0.713. The molecule has 0 aliphatic carbocycles. The Bertz CT molecular complexity index is 799. The summed E-state index contributed by atoms with van der Waals surface area (Å²) >= 11 is 5.15. The van der Waals surface area contributed by atoms with Crippen LogP contribution < -0.4 is 0 Å². The third kappa shape index (κ3) is 2.24. The summed E-state index contributed by atoms with van der Waals surface area (Å²) < 4.78 is 45.3. The Kier molecular flexibility index (Phi) is 2.93. The van der Waals surface area contributed by atoms with Crippen molar-refractivity contribution in [2.75, 3.05) is 0 Å². The van der Waals surface area contributed by atoms with Crippen LogP contribution in [0, 0.1) is 4.77 Å². The van der Waals surface area contributed by atoms with Gasteiger partial charge in [0.1, 0.15) is 5.76 Å². The molecule has 0 amide bonds. The Morgan fingerprint density at radius 3 is 2.70 bits per heavy atom. The van der Waals surface area contributed by atoms with Crippen LogP contribution in [0.5, 0.6) is 0 Å². The summed E-state index contributed by atoms with van der Waals surface area (Å²) in [7, 11) is 0. The van der Waals surface area contributed by atoms with Gasteiger partial charge in [-0.25, -0.2) is 0 Å². The molecule has 0 saturated carbocycles. The van der Waals surface area contributed by atoms with Crippen molar-refractivity contribution in [2.45, 2.75) is 12.7 Å². The molecule has 0 atom stereocenters. The summed E-state index contributed by atoms with van der Waals surface area (Å²) in [6.45, 7) is 0.372. The Morgan fingerprint density at radius 1 is 1.25 bits per heavy atom. The van der Waals surface area contributed by atoms with E-state index in [1.54, 1.807) is 16.7 Å². The predicted octanol–water partition coefficient (Wildman–Crippen LogP) is 4.36. The largest absolute Gasteiger partial charge is 0.467 e. The molecule has 0 bridgehead atoms. The lowest BCUT2D eigenvalue weighted by molar-refractivity contribution is -0.137. The standard InChI is InChI=1S/C13H9F3N2OS/c14-13(15,16)8-3-4-11-10(6-8)17-12(20)18(11)7-9-2-1-5-19-9/h1-6H,7H2,(H,17,20). The van der Waals surface area contributed by atoms with E-state index < -0.39 is 11.7 Å². The second kappa shape index (κ2) is 4.52. The van der Waals surface area contributed by atoms with Crippen LogP contribution in [0.3, 0.4) is 0 Å². The van der Waals surface area contributed by atoms with Gasteiger partial charge in [-0.1, -0.05) is 0 Å². The first-order valence-corrected chi connectivity index (χ1v) is 6.18. The number of benzene rings is 1. The van der Waals surface area contributed by atoms with E-state index in [-0.39, 0.29) is 0 Å². The van der Waals surface area contributed by atoms with Crippen LogP contribution in [0.15, 0.2) is 41.0 Å². The lowest BCUT2D eigenvalue weighted by Gasteiger charge is -2.07. The third-order valence-electron chi connectivity index (χ3n) is 3.00. The molecule has 20 heavy (non-hydrogen) atoms. The fraction of sp³-hybridized carbons (Fsp3) is 0.154. The van der Waals surface area contributed by atoms with E-state index in [1.165, 1.54) is 12.3 Å². The highest BCUT2D eigenvalue weighted by Crippen LogP contribution is 2.31. The summed E-state index contributed by atoms with van der Waals surface area (Å²) in [5, 5.41) is 0. The number of fused-ring (bicyclic) bond motifs is 1. The zero-order chi connectivity index (χ0) is 14.3. The number of halogens is 3. The monoisotopic (exact) mass is 298 g/mol. The number of nitrogens with one attached hydrogen (secondary N) is 1. The van der Waals surface area contributed by atoms with Crippen LogP contribution >= 0.6 is 12.2 Å². The van der Waals surface area contributed by atoms with Gasteiger partial charge in [0, 0.05) is 0 Å². The van der Waals surface area contributed by atoms with Crippen LogP contribution in [0.4, 0.5) is 13.2 Å². The molecule has 3 nitrogen and oxygen atoms in total. The number of hydrogen-bond donors (Lipinski definition) is 1. The van der Waals surface area contributed by atoms with Gasteiger partial charge in [-0.2, -0.15) is 13.2 Å². The van der Waals surface area contributed by atoms with Crippen LogP contribution in [-0.4, -0.2) is 9.55 Å². The minimum absolute atomic E-state index is 0.357. The molecule has 0 spiro atoms. The van der Waals surface area contributed by atoms with E-state index in [9.17, 15) is 13.2 Å². The average molecular weight is 298 g/mol. The summed E-state index contributed by atoms with van der Waals surface area (Å²) in [4.78, 5) is 2.79. The fourth-order valence-electron chi connectivity index (χ4n) is 2.06. The number of furan rings is 1. The number of hydrogen-bond acceptors (Lipinski definition) is 2. The van der Waals surface area contributed by atoms with Gasteiger partial charge in [0.15, 0.2) is 4.77 Å². The molecule has 7 heteroatoms.